The van der Waals surface area contributed by atoms with Gasteiger partial charge in [-0.3, -0.25) is 4.68 Å². The third kappa shape index (κ3) is 5.56. The van der Waals surface area contributed by atoms with E-state index in [1.807, 2.05) is 11.8 Å². The summed E-state index contributed by atoms with van der Waals surface area (Å²) >= 11 is 1.87. The van der Waals surface area contributed by atoms with E-state index in [1.54, 1.807) is 0 Å². The first-order valence-electron chi connectivity index (χ1n) is 7.40. The van der Waals surface area contributed by atoms with Gasteiger partial charge < -0.3 is 5.32 Å². The Morgan fingerprint density at radius 2 is 1.90 bits per heavy atom. The van der Waals surface area contributed by atoms with E-state index in [1.165, 1.54) is 10.5 Å². The van der Waals surface area contributed by atoms with Crippen molar-refractivity contribution in [3.63, 3.8) is 0 Å². The van der Waals surface area contributed by atoms with Crippen LogP contribution in [0.5, 0.6) is 0 Å². The van der Waals surface area contributed by atoms with E-state index < -0.39 is 0 Å². The molecular formula is C17H25N3S. The first-order chi connectivity index (χ1) is 9.94. The van der Waals surface area contributed by atoms with Crippen molar-refractivity contribution in [2.45, 2.75) is 51.2 Å². The van der Waals surface area contributed by atoms with Gasteiger partial charge in [-0.15, -0.1) is 11.8 Å². The van der Waals surface area contributed by atoms with Gasteiger partial charge >= 0.3 is 0 Å². The lowest BCUT2D eigenvalue weighted by Crippen LogP contribution is -2.35. The summed E-state index contributed by atoms with van der Waals surface area (Å²) in [5.74, 6) is 1.04. The number of thioether (sulfide) groups is 1. The molecule has 0 radical (unpaired) electrons. The Hall–Kier alpha value is -1.26. The van der Waals surface area contributed by atoms with Crippen molar-refractivity contribution in [2.24, 2.45) is 0 Å². The Balaban J connectivity index is 1.84. The number of aryl methyl sites for hydroxylation is 2. The fraction of sp³-hybridized carbons (Fsp3) is 0.471. The molecule has 0 saturated carbocycles. The molecule has 1 N–H and O–H groups in total. The number of nitrogens with one attached hydrogen (secondary N) is 1. The van der Waals surface area contributed by atoms with E-state index in [0.717, 1.165) is 24.5 Å². The van der Waals surface area contributed by atoms with Crippen molar-refractivity contribution in [3.8, 4) is 0 Å². The molecule has 0 fully saturated rings. The SMILES string of the molecule is Cc1nn(CCSc2ccccc2)cc1CNC(C)(C)C. The summed E-state index contributed by atoms with van der Waals surface area (Å²) in [6.45, 7) is 10.5. The average Bonchev–Trinajstić information content (AvgIpc) is 2.77. The third-order valence-electron chi connectivity index (χ3n) is 3.19. The van der Waals surface area contributed by atoms with Gasteiger partial charge in [0.2, 0.25) is 0 Å². The summed E-state index contributed by atoms with van der Waals surface area (Å²) < 4.78 is 2.06. The Kier molecular flexibility index (Phi) is 5.48. The maximum atomic E-state index is 4.61. The standard InChI is InChI=1S/C17H25N3S/c1-14-15(12-18-17(2,3)4)13-20(19-14)10-11-21-16-8-6-5-7-9-16/h5-9,13,18H,10-12H2,1-4H3. The smallest absolute Gasteiger partial charge is 0.0638 e. The first kappa shape index (κ1) is 16.1. The molecule has 0 atom stereocenters. The first-order valence-corrected chi connectivity index (χ1v) is 8.38. The predicted octanol–water partition coefficient (Wildman–Crippen LogP) is 3.87. The summed E-state index contributed by atoms with van der Waals surface area (Å²) in [7, 11) is 0. The fourth-order valence-electron chi connectivity index (χ4n) is 1.98. The molecule has 0 unspecified atom stereocenters. The van der Waals surface area contributed by atoms with Crippen molar-refractivity contribution in [3.05, 3.63) is 47.8 Å². The van der Waals surface area contributed by atoms with Crippen LogP contribution in [0.3, 0.4) is 0 Å². The molecule has 0 amide bonds. The van der Waals surface area contributed by atoms with Gasteiger partial charge in [0, 0.05) is 34.5 Å². The van der Waals surface area contributed by atoms with Crippen molar-refractivity contribution >= 4 is 11.8 Å². The molecule has 0 aliphatic rings. The van der Waals surface area contributed by atoms with Crippen molar-refractivity contribution in [2.75, 3.05) is 5.75 Å². The van der Waals surface area contributed by atoms with Crippen LogP contribution in [0.4, 0.5) is 0 Å². The normalized spacial score (nSPS) is 11.8. The molecule has 1 aromatic heterocycles. The van der Waals surface area contributed by atoms with E-state index in [-0.39, 0.29) is 5.54 Å². The van der Waals surface area contributed by atoms with E-state index in [2.05, 4.69) is 79.3 Å². The molecule has 114 valence electrons. The molecule has 0 aliphatic carbocycles. The molecular weight excluding hydrogens is 278 g/mol. The largest absolute Gasteiger partial charge is 0.308 e. The summed E-state index contributed by atoms with van der Waals surface area (Å²) in [5.41, 5.74) is 2.55. The minimum atomic E-state index is 0.137. The second kappa shape index (κ2) is 7.14. The van der Waals surface area contributed by atoms with Crippen LogP contribution in [0.15, 0.2) is 41.4 Å². The minimum absolute atomic E-state index is 0.137. The van der Waals surface area contributed by atoms with E-state index in [9.17, 15) is 0 Å². The number of aromatic nitrogens is 2. The summed E-state index contributed by atoms with van der Waals surface area (Å²) in [5, 5.41) is 8.12. The van der Waals surface area contributed by atoms with Crippen LogP contribution in [0.1, 0.15) is 32.0 Å². The molecule has 21 heavy (non-hydrogen) atoms. The van der Waals surface area contributed by atoms with Gasteiger partial charge in [-0.05, 0) is 39.8 Å². The van der Waals surface area contributed by atoms with Crippen molar-refractivity contribution in [1.82, 2.24) is 15.1 Å². The highest BCUT2D eigenvalue weighted by Crippen LogP contribution is 2.17. The predicted molar refractivity (Wildman–Crippen MR) is 90.7 cm³/mol. The van der Waals surface area contributed by atoms with E-state index >= 15 is 0 Å². The van der Waals surface area contributed by atoms with Gasteiger partial charge in [-0.25, -0.2) is 0 Å². The van der Waals surface area contributed by atoms with Crippen LogP contribution in [0.25, 0.3) is 0 Å². The van der Waals surface area contributed by atoms with Crippen LogP contribution >= 0.6 is 11.8 Å². The highest BCUT2D eigenvalue weighted by atomic mass is 32.2. The summed E-state index contributed by atoms with van der Waals surface area (Å²) in [6, 6.07) is 10.5. The summed E-state index contributed by atoms with van der Waals surface area (Å²) in [4.78, 5) is 1.32. The molecule has 0 bridgehead atoms. The van der Waals surface area contributed by atoms with Crippen molar-refractivity contribution < 1.29 is 0 Å². The number of hydrogen-bond acceptors (Lipinski definition) is 3. The van der Waals surface area contributed by atoms with Crippen LogP contribution < -0.4 is 5.32 Å². The van der Waals surface area contributed by atoms with Gasteiger partial charge in [-0.1, -0.05) is 18.2 Å². The highest BCUT2D eigenvalue weighted by Gasteiger charge is 2.11. The van der Waals surface area contributed by atoms with Crippen LogP contribution in [-0.2, 0) is 13.1 Å². The molecule has 0 saturated heterocycles. The average molecular weight is 303 g/mol. The third-order valence-corrected chi connectivity index (χ3v) is 4.18. The minimum Gasteiger partial charge on any atom is -0.308 e. The molecule has 1 aromatic carbocycles. The molecule has 2 aromatic rings. The monoisotopic (exact) mass is 303 g/mol. The lowest BCUT2D eigenvalue weighted by molar-refractivity contribution is 0.423. The quantitative estimate of drug-likeness (QED) is 0.822. The van der Waals surface area contributed by atoms with E-state index in [4.69, 9.17) is 0 Å². The van der Waals surface area contributed by atoms with Crippen LogP contribution in [0.2, 0.25) is 0 Å². The molecule has 0 spiro atoms. The second-order valence-electron chi connectivity index (χ2n) is 6.27. The zero-order chi connectivity index (χ0) is 15.3. The molecule has 1 heterocycles. The molecule has 4 heteroatoms. The lowest BCUT2D eigenvalue weighted by atomic mass is 10.1. The van der Waals surface area contributed by atoms with Crippen LogP contribution in [-0.4, -0.2) is 21.1 Å². The Morgan fingerprint density at radius 1 is 1.19 bits per heavy atom. The number of nitrogens with zero attached hydrogens (tertiary/aromatic N) is 2. The van der Waals surface area contributed by atoms with Crippen molar-refractivity contribution in [1.29, 1.82) is 0 Å². The second-order valence-corrected chi connectivity index (χ2v) is 7.44. The van der Waals surface area contributed by atoms with Gasteiger partial charge in [0.25, 0.3) is 0 Å². The Morgan fingerprint density at radius 3 is 2.57 bits per heavy atom. The van der Waals surface area contributed by atoms with E-state index in [0.29, 0.717) is 0 Å². The number of benzene rings is 1. The fourth-order valence-corrected chi connectivity index (χ4v) is 2.84. The summed E-state index contributed by atoms with van der Waals surface area (Å²) in [6.07, 6.45) is 2.17. The lowest BCUT2D eigenvalue weighted by Gasteiger charge is -2.20. The van der Waals surface area contributed by atoms with Crippen LogP contribution in [0, 0.1) is 6.92 Å². The number of rotatable bonds is 6. The Bertz CT molecular complexity index is 555. The number of hydrogen-bond donors (Lipinski definition) is 1. The van der Waals surface area contributed by atoms with Gasteiger partial charge in [0.05, 0.1) is 12.2 Å². The van der Waals surface area contributed by atoms with Gasteiger partial charge in [-0.2, -0.15) is 5.10 Å². The molecule has 0 aliphatic heterocycles. The zero-order valence-electron chi connectivity index (χ0n) is 13.4. The zero-order valence-corrected chi connectivity index (χ0v) is 14.2. The maximum absolute atomic E-state index is 4.61. The maximum Gasteiger partial charge on any atom is 0.0638 e. The highest BCUT2D eigenvalue weighted by molar-refractivity contribution is 7.99. The molecule has 2 rings (SSSR count). The van der Waals surface area contributed by atoms with Gasteiger partial charge in [0.15, 0.2) is 0 Å². The Labute approximate surface area is 132 Å². The van der Waals surface area contributed by atoms with Gasteiger partial charge in [0.1, 0.15) is 0 Å². The molecule has 3 nitrogen and oxygen atoms in total. The topological polar surface area (TPSA) is 29.9 Å².